The maximum absolute atomic E-state index is 13.8. The highest BCUT2D eigenvalue weighted by atomic mass is 32.1. The third-order valence-electron chi connectivity index (χ3n) is 7.90. The number of aromatic nitrogens is 2. The van der Waals surface area contributed by atoms with E-state index >= 15 is 0 Å². The van der Waals surface area contributed by atoms with Crippen LogP contribution in [0.25, 0.3) is 22.0 Å². The third kappa shape index (κ3) is 6.27. The van der Waals surface area contributed by atoms with E-state index in [0.717, 1.165) is 84.3 Å². The van der Waals surface area contributed by atoms with E-state index in [1.54, 1.807) is 18.4 Å². The van der Waals surface area contributed by atoms with Crippen molar-refractivity contribution in [2.75, 3.05) is 20.2 Å². The molecule has 2 aromatic carbocycles. The van der Waals surface area contributed by atoms with Crippen molar-refractivity contribution in [2.24, 2.45) is 11.8 Å². The van der Waals surface area contributed by atoms with Gasteiger partial charge in [-0.15, -0.1) is 11.3 Å². The summed E-state index contributed by atoms with van der Waals surface area (Å²) in [5.74, 6) is 2.20. The number of amides is 1. The highest BCUT2D eigenvalue weighted by Crippen LogP contribution is 2.33. The van der Waals surface area contributed by atoms with Crippen LogP contribution in [-0.2, 0) is 13.0 Å². The number of piperidine rings is 1. The fourth-order valence-electron chi connectivity index (χ4n) is 5.46. The molecule has 0 radical (unpaired) electrons. The molecule has 1 saturated heterocycles. The molecule has 5 nitrogen and oxygen atoms in total. The Labute approximate surface area is 236 Å². The standard InChI is InChI=1S/C33H39N3O2S/c1-23(2)14-19-36-24(3)29(33(37)35-17-15-26(16-18-35)20-25-8-6-5-7-9-25)21-31(36)30-22-39-32(34-30)27-10-12-28(38-4)13-11-27/h5-13,21-23,26H,14-20H2,1-4H3. The minimum atomic E-state index is 0.154. The van der Waals surface area contributed by atoms with Gasteiger partial charge in [-0.1, -0.05) is 44.2 Å². The van der Waals surface area contributed by atoms with E-state index in [4.69, 9.17) is 9.72 Å². The molecule has 0 unspecified atom stereocenters. The third-order valence-corrected chi connectivity index (χ3v) is 8.79. The SMILES string of the molecule is COc1ccc(-c2nc(-c3cc(C(=O)N4CCC(Cc5ccccc5)CC4)c(C)n3CCC(C)C)cs2)cc1. The summed E-state index contributed by atoms with van der Waals surface area (Å²) in [7, 11) is 1.68. The van der Waals surface area contributed by atoms with Crippen LogP contribution in [0.2, 0.25) is 0 Å². The molecule has 0 N–H and O–H groups in total. The summed E-state index contributed by atoms with van der Waals surface area (Å²) in [6.07, 6.45) is 4.25. The van der Waals surface area contributed by atoms with Gasteiger partial charge in [0.25, 0.3) is 5.91 Å². The number of rotatable bonds is 9. The van der Waals surface area contributed by atoms with Crippen LogP contribution < -0.4 is 4.74 Å². The first kappa shape index (κ1) is 27.2. The average molecular weight is 542 g/mol. The second kappa shape index (κ2) is 12.2. The van der Waals surface area contributed by atoms with E-state index in [-0.39, 0.29) is 5.91 Å². The van der Waals surface area contributed by atoms with Crippen LogP contribution in [0, 0.1) is 18.8 Å². The Morgan fingerprint density at radius 1 is 1.08 bits per heavy atom. The Bertz CT molecular complexity index is 1380. The summed E-state index contributed by atoms with van der Waals surface area (Å²) in [4.78, 5) is 20.9. The molecular weight excluding hydrogens is 502 g/mol. The first-order valence-corrected chi connectivity index (χ1v) is 14.9. The number of carbonyl (C=O) groups is 1. The van der Waals surface area contributed by atoms with Crippen molar-refractivity contribution in [3.05, 3.63) is 82.9 Å². The van der Waals surface area contributed by atoms with E-state index in [0.29, 0.717) is 11.8 Å². The second-order valence-corrected chi connectivity index (χ2v) is 11.9. The molecule has 39 heavy (non-hydrogen) atoms. The van der Waals surface area contributed by atoms with Crippen molar-refractivity contribution in [3.63, 3.8) is 0 Å². The predicted molar refractivity (Wildman–Crippen MR) is 160 cm³/mol. The smallest absolute Gasteiger partial charge is 0.255 e. The maximum atomic E-state index is 13.8. The zero-order chi connectivity index (χ0) is 27.4. The van der Waals surface area contributed by atoms with E-state index in [1.807, 2.05) is 24.3 Å². The molecule has 0 spiro atoms. The Hall–Kier alpha value is -3.38. The van der Waals surface area contributed by atoms with Crippen molar-refractivity contribution in [1.29, 1.82) is 0 Å². The minimum Gasteiger partial charge on any atom is -0.497 e. The van der Waals surface area contributed by atoms with E-state index < -0.39 is 0 Å². The van der Waals surface area contributed by atoms with Gasteiger partial charge in [-0.2, -0.15) is 0 Å². The minimum absolute atomic E-state index is 0.154. The summed E-state index contributed by atoms with van der Waals surface area (Å²) in [5, 5.41) is 3.08. The molecule has 0 saturated carbocycles. The van der Waals surface area contributed by atoms with Crippen LogP contribution in [0.3, 0.4) is 0 Å². The van der Waals surface area contributed by atoms with Crippen LogP contribution in [0.5, 0.6) is 5.75 Å². The van der Waals surface area contributed by atoms with E-state index in [1.165, 1.54) is 5.56 Å². The van der Waals surface area contributed by atoms with Crippen LogP contribution in [0.15, 0.2) is 66.0 Å². The molecule has 0 bridgehead atoms. The lowest BCUT2D eigenvalue weighted by atomic mass is 9.90. The van der Waals surface area contributed by atoms with Gasteiger partial charge in [0.15, 0.2) is 0 Å². The van der Waals surface area contributed by atoms with Crippen LogP contribution in [0.4, 0.5) is 0 Å². The number of thiazole rings is 1. The number of carbonyl (C=O) groups excluding carboxylic acids is 1. The molecule has 2 aromatic heterocycles. The number of ether oxygens (including phenoxy) is 1. The molecule has 3 heterocycles. The van der Waals surface area contributed by atoms with Crippen molar-refractivity contribution in [2.45, 2.75) is 53.0 Å². The van der Waals surface area contributed by atoms with Gasteiger partial charge in [0.2, 0.25) is 0 Å². The van der Waals surface area contributed by atoms with Gasteiger partial charge >= 0.3 is 0 Å². The monoisotopic (exact) mass is 541 g/mol. The van der Waals surface area contributed by atoms with Crippen molar-refractivity contribution in [1.82, 2.24) is 14.5 Å². The summed E-state index contributed by atoms with van der Waals surface area (Å²) < 4.78 is 7.61. The average Bonchev–Trinajstić information content (AvgIpc) is 3.57. The summed E-state index contributed by atoms with van der Waals surface area (Å²) in [6, 6.07) is 20.8. The lowest BCUT2D eigenvalue weighted by molar-refractivity contribution is 0.0689. The van der Waals surface area contributed by atoms with Crippen LogP contribution in [-0.4, -0.2) is 40.6 Å². The zero-order valence-electron chi connectivity index (χ0n) is 23.5. The lowest BCUT2D eigenvalue weighted by Crippen LogP contribution is -2.39. The molecule has 6 heteroatoms. The van der Waals surface area contributed by atoms with Crippen molar-refractivity contribution < 1.29 is 9.53 Å². The van der Waals surface area contributed by atoms with Crippen molar-refractivity contribution >= 4 is 17.2 Å². The molecule has 1 amide bonds. The lowest BCUT2D eigenvalue weighted by Gasteiger charge is -2.32. The number of benzene rings is 2. The first-order chi connectivity index (χ1) is 18.9. The number of likely N-dealkylation sites (tertiary alicyclic amines) is 1. The van der Waals surface area contributed by atoms with Gasteiger partial charge in [-0.05, 0) is 80.3 Å². The zero-order valence-corrected chi connectivity index (χ0v) is 24.3. The Morgan fingerprint density at radius 2 is 1.79 bits per heavy atom. The number of nitrogens with zero attached hydrogens (tertiary/aromatic N) is 3. The largest absolute Gasteiger partial charge is 0.497 e. The van der Waals surface area contributed by atoms with Crippen LogP contribution >= 0.6 is 11.3 Å². The fourth-order valence-corrected chi connectivity index (χ4v) is 6.28. The van der Waals surface area contributed by atoms with Gasteiger partial charge in [0.05, 0.1) is 24.1 Å². The predicted octanol–water partition coefficient (Wildman–Crippen LogP) is 7.74. The summed E-state index contributed by atoms with van der Waals surface area (Å²) in [6.45, 7) is 9.10. The molecule has 1 aliphatic rings. The molecule has 5 rings (SSSR count). The number of methoxy groups -OCH3 is 1. The highest BCUT2D eigenvalue weighted by molar-refractivity contribution is 7.13. The van der Waals surface area contributed by atoms with E-state index in [9.17, 15) is 4.79 Å². The van der Waals surface area contributed by atoms with Gasteiger partial charge in [-0.25, -0.2) is 4.98 Å². The van der Waals surface area contributed by atoms with Gasteiger partial charge in [0, 0.05) is 36.3 Å². The molecule has 0 aliphatic carbocycles. The molecule has 204 valence electrons. The normalized spacial score (nSPS) is 14.2. The first-order valence-electron chi connectivity index (χ1n) is 14.1. The van der Waals surface area contributed by atoms with Crippen molar-refractivity contribution in [3.8, 4) is 27.7 Å². The number of hydrogen-bond acceptors (Lipinski definition) is 4. The topological polar surface area (TPSA) is 47.4 Å². The van der Waals surface area contributed by atoms with Gasteiger partial charge < -0.3 is 14.2 Å². The Kier molecular flexibility index (Phi) is 8.51. The summed E-state index contributed by atoms with van der Waals surface area (Å²) >= 11 is 1.64. The van der Waals surface area contributed by atoms with Gasteiger partial charge in [0.1, 0.15) is 10.8 Å². The number of hydrogen-bond donors (Lipinski definition) is 0. The molecule has 0 atom stereocenters. The van der Waals surface area contributed by atoms with Gasteiger partial charge in [-0.3, -0.25) is 4.79 Å². The quantitative estimate of drug-likeness (QED) is 0.218. The molecule has 1 fully saturated rings. The molecule has 1 aliphatic heterocycles. The fraction of sp³-hybridized carbons (Fsp3) is 0.394. The second-order valence-electron chi connectivity index (χ2n) is 11.1. The molecule has 4 aromatic rings. The highest BCUT2D eigenvalue weighted by Gasteiger charge is 2.27. The Balaban J connectivity index is 1.36. The van der Waals surface area contributed by atoms with E-state index in [2.05, 4.69) is 72.0 Å². The molecular formula is C33H39N3O2S. The maximum Gasteiger partial charge on any atom is 0.255 e. The Morgan fingerprint density at radius 3 is 2.46 bits per heavy atom. The summed E-state index contributed by atoms with van der Waals surface area (Å²) in [5.41, 5.74) is 6.28. The van der Waals surface area contributed by atoms with Crippen LogP contribution in [0.1, 0.15) is 54.7 Å².